The van der Waals surface area contributed by atoms with Gasteiger partial charge in [-0.25, -0.2) is 4.68 Å². The molecule has 0 spiro atoms. The molecule has 3 rings (SSSR count). The number of anilines is 1. The summed E-state index contributed by atoms with van der Waals surface area (Å²) in [5.74, 6) is 0.402. The molecule has 2 N–H and O–H groups in total. The van der Waals surface area contributed by atoms with E-state index in [1.165, 1.54) is 18.3 Å². The van der Waals surface area contributed by atoms with E-state index in [0.717, 1.165) is 5.56 Å². The predicted octanol–water partition coefficient (Wildman–Crippen LogP) is 3.99. The molecule has 3 aromatic rings. The van der Waals surface area contributed by atoms with Crippen molar-refractivity contribution in [1.82, 2.24) is 19.7 Å². The molecular formula is C19H22F3N5O2. The minimum atomic E-state index is -4.39. The number of hydrogen-bond donors (Lipinski definition) is 2. The fourth-order valence-corrected chi connectivity index (χ4v) is 2.78. The summed E-state index contributed by atoms with van der Waals surface area (Å²) < 4.78 is 43.1. The van der Waals surface area contributed by atoms with Crippen molar-refractivity contribution in [3.63, 3.8) is 0 Å². The number of benzene rings is 1. The van der Waals surface area contributed by atoms with Crippen LogP contribution >= 0.6 is 0 Å². The summed E-state index contributed by atoms with van der Waals surface area (Å²) in [6.07, 6.45) is -2.90. The van der Waals surface area contributed by atoms with Crippen LogP contribution in [0.5, 0.6) is 5.75 Å². The van der Waals surface area contributed by atoms with E-state index < -0.39 is 12.8 Å². The molecule has 7 nitrogen and oxygen atoms in total. The van der Waals surface area contributed by atoms with Gasteiger partial charge >= 0.3 is 6.18 Å². The Balaban J connectivity index is 1.79. The lowest BCUT2D eigenvalue weighted by molar-refractivity contribution is -0.153. The Morgan fingerprint density at radius 1 is 1.21 bits per heavy atom. The monoisotopic (exact) mass is 409 g/mol. The van der Waals surface area contributed by atoms with Gasteiger partial charge in [-0.1, -0.05) is 12.1 Å². The number of aromatic amines is 1. The van der Waals surface area contributed by atoms with Crippen molar-refractivity contribution in [1.29, 1.82) is 0 Å². The summed E-state index contributed by atoms with van der Waals surface area (Å²) in [5.41, 5.74) is 0.594. The van der Waals surface area contributed by atoms with Gasteiger partial charge in [0, 0.05) is 0 Å². The zero-order valence-electron chi connectivity index (χ0n) is 16.5. The van der Waals surface area contributed by atoms with E-state index >= 15 is 0 Å². The minimum absolute atomic E-state index is 0.125. The molecular weight excluding hydrogens is 387 g/mol. The van der Waals surface area contributed by atoms with Gasteiger partial charge in [0.15, 0.2) is 12.3 Å². The van der Waals surface area contributed by atoms with Crippen molar-refractivity contribution in [2.24, 2.45) is 0 Å². The molecule has 10 heteroatoms. The van der Waals surface area contributed by atoms with Crippen LogP contribution < -0.4 is 15.6 Å². The van der Waals surface area contributed by atoms with Crippen molar-refractivity contribution in [3.05, 3.63) is 46.4 Å². The van der Waals surface area contributed by atoms with E-state index in [4.69, 9.17) is 4.74 Å². The van der Waals surface area contributed by atoms with Crippen LogP contribution in [0.2, 0.25) is 0 Å². The molecule has 0 radical (unpaired) electrons. The number of rotatable bonds is 5. The molecule has 0 fully saturated rings. The van der Waals surface area contributed by atoms with Gasteiger partial charge in [0.25, 0.3) is 5.56 Å². The molecule has 1 unspecified atom stereocenters. The van der Waals surface area contributed by atoms with Gasteiger partial charge in [0.05, 0.1) is 17.8 Å². The Labute approximate surface area is 164 Å². The summed E-state index contributed by atoms with van der Waals surface area (Å²) in [6, 6.07) is 5.97. The average molecular weight is 409 g/mol. The van der Waals surface area contributed by atoms with Crippen molar-refractivity contribution in [2.75, 3.05) is 11.9 Å². The zero-order chi connectivity index (χ0) is 21.4. The van der Waals surface area contributed by atoms with Crippen molar-refractivity contribution < 1.29 is 17.9 Å². The lowest BCUT2D eigenvalue weighted by Crippen LogP contribution is -2.24. The third-order valence-corrected chi connectivity index (χ3v) is 4.21. The van der Waals surface area contributed by atoms with Crippen LogP contribution in [0.15, 0.2) is 35.3 Å². The Morgan fingerprint density at radius 3 is 2.45 bits per heavy atom. The van der Waals surface area contributed by atoms with Gasteiger partial charge < -0.3 is 10.1 Å². The van der Waals surface area contributed by atoms with E-state index in [-0.39, 0.29) is 28.8 Å². The predicted molar refractivity (Wildman–Crippen MR) is 103 cm³/mol. The SMILES string of the molecule is CC(Nc1nc2c(cnn2C(C)(C)C)c(=O)[nH]1)c1ccc(OCC(F)(F)F)cc1. The topological polar surface area (TPSA) is 84.8 Å². The second-order valence-electron chi connectivity index (χ2n) is 7.72. The van der Waals surface area contributed by atoms with E-state index in [1.807, 2.05) is 27.7 Å². The van der Waals surface area contributed by atoms with Gasteiger partial charge in [0.2, 0.25) is 5.95 Å². The van der Waals surface area contributed by atoms with Crippen LogP contribution in [-0.2, 0) is 5.54 Å². The molecule has 0 amide bonds. The highest BCUT2D eigenvalue weighted by atomic mass is 19.4. The number of aromatic nitrogens is 4. The maximum Gasteiger partial charge on any atom is 0.422 e. The molecule has 0 bridgehead atoms. The fraction of sp³-hybridized carbons (Fsp3) is 0.421. The van der Waals surface area contributed by atoms with E-state index in [1.54, 1.807) is 16.8 Å². The molecule has 0 saturated heterocycles. The van der Waals surface area contributed by atoms with E-state index in [9.17, 15) is 18.0 Å². The second-order valence-corrected chi connectivity index (χ2v) is 7.72. The highest BCUT2D eigenvalue weighted by molar-refractivity contribution is 5.74. The average Bonchev–Trinajstić information content (AvgIpc) is 3.04. The molecule has 0 aliphatic carbocycles. The van der Waals surface area contributed by atoms with Crippen molar-refractivity contribution in [2.45, 2.75) is 45.5 Å². The van der Waals surface area contributed by atoms with E-state index in [0.29, 0.717) is 11.0 Å². The number of H-pyrrole nitrogens is 1. The maximum atomic E-state index is 12.4. The van der Waals surface area contributed by atoms with Crippen LogP contribution in [0.25, 0.3) is 11.0 Å². The standard InChI is InChI=1S/C19H22F3N5O2/c1-11(12-5-7-13(8-6-12)29-10-19(20,21)22)24-17-25-15-14(16(28)26-17)9-23-27(15)18(2,3)4/h5-9,11H,10H2,1-4H3,(H2,24,25,26,28). The summed E-state index contributed by atoms with van der Waals surface area (Å²) in [6.45, 7) is 6.38. The first kappa shape index (κ1) is 20.7. The number of fused-ring (bicyclic) bond motifs is 1. The van der Waals surface area contributed by atoms with Gasteiger partial charge in [-0.3, -0.25) is 9.78 Å². The normalized spacial score (nSPS) is 13.5. The minimum Gasteiger partial charge on any atom is -0.484 e. The smallest absolute Gasteiger partial charge is 0.422 e. The fourth-order valence-electron chi connectivity index (χ4n) is 2.78. The van der Waals surface area contributed by atoms with Gasteiger partial charge in [-0.15, -0.1) is 0 Å². The van der Waals surface area contributed by atoms with Crippen LogP contribution in [0.4, 0.5) is 19.1 Å². The number of nitrogens with zero attached hydrogens (tertiary/aromatic N) is 3. The largest absolute Gasteiger partial charge is 0.484 e. The third kappa shape index (κ3) is 4.87. The van der Waals surface area contributed by atoms with Crippen LogP contribution in [-0.4, -0.2) is 32.5 Å². The first-order valence-electron chi connectivity index (χ1n) is 8.98. The molecule has 0 saturated carbocycles. The lowest BCUT2D eigenvalue weighted by Gasteiger charge is -2.20. The quantitative estimate of drug-likeness (QED) is 0.666. The van der Waals surface area contributed by atoms with Gasteiger partial charge in [-0.05, 0) is 45.4 Å². The molecule has 156 valence electrons. The summed E-state index contributed by atoms with van der Waals surface area (Å²) >= 11 is 0. The maximum absolute atomic E-state index is 12.4. The van der Waals surface area contributed by atoms with Crippen LogP contribution in [0.3, 0.4) is 0 Å². The van der Waals surface area contributed by atoms with Crippen molar-refractivity contribution in [3.8, 4) is 5.75 Å². The third-order valence-electron chi connectivity index (χ3n) is 4.21. The Hall–Kier alpha value is -3.04. The number of hydrogen-bond acceptors (Lipinski definition) is 5. The van der Waals surface area contributed by atoms with E-state index in [2.05, 4.69) is 20.4 Å². The molecule has 0 aliphatic rings. The highest BCUT2D eigenvalue weighted by Gasteiger charge is 2.28. The number of nitrogens with one attached hydrogen (secondary N) is 2. The number of ether oxygens (including phenoxy) is 1. The Morgan fingerprint density at radius 2 is 1.86 bits per heavy atom. The van der Waals surface area contributed by atoms with Crippen molar-refractivity contribution >= 4 is 17.0 Å². The molecule has 1 atom stereocenters. The summed E-state index contributed by atoms with van der Waals surface area (Å²) in [7, 11) is 0. The Kier molecular flexibility index (Phi) is 5.29. The van der Waals surface area contributed by atoms with Gasteiger partial charge in [-0.2, -0.15) is 23.3 Å². The van der Waals surface area contributed by atoms with Crippen LogP contribution in [0, 0.1) is 0 Å². The molecule has 0 aliphatic heterocycles. The highest BCUT2D eigenvalue weighted by Crippen LogP contribution is 2.23. The number of halogens is 3. The summed E-state index contributed by atoms with van der Waals surface area (Å²) in [5, 5.41) is 7.76. The molecule has 2 heterocycles. The first-order valence-corrected chi connectivity index (χ1v) is 8.98. The zero-order valence-corrected chi connectivity index (χ0v) is 16.5. The molecule has 1 aromatic carbocycles. The molecule has 29 heavy (non-hydrogen) atoms. The summed E-state index contributed by atoms with van der Waals surface area (Å²) in [4.78, 5) is 19.5. The van der Waals surface area contributed by atoms with Gasteiger partial charge in [0.1, 0.15) is 11.1 Å². The number of alkyl halides is 3. The first-order chi connectivity index (χ1) is 13.4. The van der Waals surface area contributed by atoms with Crippen LogP contribution in [0.1, 0.15) is 39.3 Å². The Bertz CT molecular complexity index is 1050. The lowest BCUT2D eigenvalue weighted by atomic mass is 10.1. The second kappa shape index (κ2) is 7.41. The molecule has 2 aromatic heterocycles.